The second kappa shape index (κ2) is 12.2. The van der Waals surface area contributed by atoms with Gasteiger partial charge in [-0.15, -0.1) is 0 Å². The van der Waals surface area contributed by atoms with E-state index < -0.39 is 0 Å². The second-order valence-electron chi connectivity index (χ2n) is 7.94. The van der Waals surface area contributed by atoms with Crippen molar-refractivity contribution in [2.24, 2.45) is 10.9 Å². The van der Waals surface area contributed by atoms with E-state index in [1.165, 1.54) is 18.9 Å². The zero-order chi connectivity index (χ0) is 21.9. The monoisotopic (exact) mass is 413 g/mol. The summed E-state index contributed by atoms with van der Waals surface area (Å²) < 4.78 is 0. The number of carbonyl (C=O) groups excluding carboxylic acids is 1. The van der Waals surface area contributed by atoms with Gasteiger partial charge in [0.05, 0.1) is 6.61 Å². The SMILES string of the molecule is CCCN(CC1CC1)C(C=CC(=O)Nc1ccc(CN(C)CCO)cc1C)=NC=N. The third-order valence-corrected chi connectivity index (χ3v) is 5.06. The number of benzene rings is 1. The van der Waals surface area contributed by atoms with Crippen molar-refractivity contribution in [2.45, 2.75) is 39.7 Å². The topological polar surface area (TPSA) is 92.0 Å². The molecule has 3 N–H and O–H groups in total. The predicted molar refractivity (Wildman–Crippen MR) is 123 cm³/mol. The Kier molecular flexibility index (Phi) is 9.70. The van der Waals surface area contributed by atoms with E-state index in [4.69, 9.17) is 10.5 Å². The summed E-state index contributed by atoms with van der Waals surface area (Å²) in [4.78, 5) is 20.8. The molecule has 1 saturated carbocycles. The number of aryl methyl sites for hydroxylation is 1. The molecule has 0 radical (unpaired) electrons. The average molecular weight is 414 g/mol. The van der Waals surface area contributed by atoms with Gasteiger partial charge in [-0.3, -0.25) is 15.1 Å². The summed E-state index contributed by atoms with van der Waals surface area (Å²) in [5, 5.41) is 19.3. The lowest BCUT2D eigenvalue weighted by atomic mass is 10.1. The second-order valence-corrected chi connectivity index (χ2v) is 7.94. The maximum absolute atomic E-state index is 12.5. The molecule has 0 aliphatic heterocycles. The normalized spacial score (nSPS) is 14.4. The van der Waals surface area contributed by atoms with E-state index >= 15 is 0 Å². The number of aliphatic imine (C=N–C) groups is 1. The lowest BCUT2D eigenvalue weighted by Gasteiger charge is -2.23. The Morgan fingerprint density at radius 3 is 2.70 bits per heavy atom. The smallest absolute Gasteiger partial charge is 0.248 e. The highest BCUT2D eigenvalue weighted by atomic mass is 16.3. The van der Waals surface area contributed by atoms with E-state index in [-0.39, 0.29) is 12.5 Å². The third-order valence-electron chi connectivity index (χ3n) is 5.06. The van der Waals surface area contributed by atoms with Crippen LogP contribution in [0.2, 0.25) is 0 Å². The molecule has 0 spiro atoms. The number of aliphatic hydroxyl groups excluding tert-OH is 1. The van der Waals surface area contributed by atoms with Crippen molar-refractivity contribution in [3.8, 4) is 0 Å². The number of aliphatic hydroxyl groups is 1. The minimum atomic E-state index is -0.219. The van der Waals surface area contributed by atoms with Crippen molar-refractivity contribution in [1.82, 2.24) is 9.80 Å². The van der Waals surface area contributed by atoms with E-state index in [9.17, 15) is 4.79 Å². The van der Waals surface area contributed by atoms with Crippen LogP contribution in [0.5, 0.6) is 0 Å². The highest BCUT2D eigenvalue weighted by molar-refractivity contribution is 6.06. The highest BCUT2D eigenvalue weighted by Gasteiger charge is 2.25. The zero-order valence-corrected chi connectivity index (χ0v) is 18.4. The first-order valence-corrected chi connectivity index (χ1v) is 10.7. The molecule has 2 rings (SSSR count). The van der Waals surface area contributed by atoms with Gasteiger partial charge in [0.2, 0.25) is 5.91 Å². The fourth-order valence-electron chi connectivity index (χ4n) is 3.33. The maximum atomic E-state index is 12.5. The summed E-state index contributed by atoms with van der Waals surface area (Å²) in [5.41, 5.74) is 2.89. The molecule has 7 nitrogen and oxygen atoms in total. The van der Waals surface area contributed by atoms with E-state index in [2.05, 4.69) is 22.1 Å². The van der Waals surface area contributed by atoms with Crippen LogP contribution in [-0.4, -0.2) is 66.3 Å². The largest absolute Gasteiger partial charge is 0.395 e. The Balaban J connectivity index is 2.00. The fraction of sp³-hybridized carbons (Fsp3) is 0.522. The summed E-state index contributed by atoms with van der Waals surface area (Å²) in [6.07, 6.45) is 7.69. The molecule has 1 aliphatic carbocycles. The summed E-state index contributed by atoms with van der Waals surface area (Å²) in [6.45, 7) is 7.38. The lowest BCUT2D eigenvalue weighted by molar-refractivity contribution is -0.111. The molecular formula is C23H35N5O2. The average Bonchev–Trinajstić information content (AvgIpc) is 3.51. The molecule has 1 amide bonds. The summed E-state index contributed by atoms with van der Waals surface area (Å²) >= 11 is 0. The van der Waals surface area contributed by atoms with Gasteiger partial charge in [0.15, 0.2) is 0 Å². The molecule has 0 saturated heterocycles. The first kappa shape index (κ1) is 23.8. The van der Waals surface area contributed by atoms with Crippen molar-refractivity contribution < 1.29 is 9.90 Å². The molecule has 0 atom stereocenters. The fourth-order valence-corrected chi connectivity index (χ4v) is 3.33. The molecule has 1 aromatic carbocycles. The minimum Gasteiger partial charge on any atom is -0.395 e. The molecule has 0 heterocycles. The Labute approximate surface area is 180 Å². The van der Waals surface area contributed by atoms with Crippen LogP contribution in [0.15, 0.2) is 35.3 Å². The van der Waals surface area contributed by atoms with Gasteiger partial charge >= 0.3 is 0 Å². The molecule has 0 bridgehead atoms. The number of hydrogen-bond donors (Lipinski definition) is 3. The van der Waals surface area contributed by atoms with Crippen molar-refractivity contribution in [1.29, 1.82) is 5.41 Å². The van der Waals surface area contributed by atoms with Crippen LogP contribution >= 0.6 is 0 Å². The van der Waals surface area contributed by atoms with Crippen molar-refractivity contribution >= 4 is 23.8 Å². The molecule has 164 valence electrons. The summed E-state index contributed by atoms with van der Waals surface area (Å²) in [7, 11) is 1.96. The van der Waals surface area contributed by atoms with Crippen molar-refractivity contribution in [2.75, 3.05) is 38.6 Å². The van der Waals surface area contributed by atoms with Gasteiger partial charge in [-0.25, -0.2) is 4.99 Å². The molecule has 0 unspecified atom stereocenters. The number of likely N-dealkylation sites (N-methyl/N-ethyl adjacent to an activating group) is 1. The quantitative estimate of drug-likeness (QED) is 0.279. The van der Waals surface area contributed by atoms with Crippen LogP contribution in [0.1, 0.15) is 37.3 Å². The maximum Gasteiger partial charge on any atom is 0.248 e. The first-order valence-electron chi connectivity index (χ1n) is 10.7. The molecule has 30 heavy (non-hydrogen) atoms. The Bertz CT molecular complexity index is 771. The van der Waals surface area contributed by atoms with Gasteiger partial charge < -0.3 is 15.3 Å². The number of anilines is 1. The molecule has 1 aromatic rings. The van der Waals surface area contributed by atoms with Crippen LogP contribution in [0.25, 0.3) is 0 Å². The summed E-state index contributed by atoms with van der Waals surface area (Å²) in [5.74, 6) is 1.14. The predicted octanol–water partition coefficient (Wildman–Crippen LogP) is 3.04. The highest BCUT2D eigenvalue weighted by Crippen LogP contribution is 2.30. The van der Waals surface area contributed by atoms with Crippen LogP contribution in [0, 0.1) is 18.3 Å². The number of nitrogens with one attached hydrogen (secondary N) is 2. The van der Waals surface area contributed by atoms with Crippen molar-refractivity contribution in [3.05, 3.63) is 41.5 Å². The summed E-state index contributed by atoms with van der Waals surface area (Å²) in [6, 6.07) is 5.95. The molecule has 0 aromatic heterocycles. The molecule has 1 aliphatic rings. The number of rotatable bonds is 12. The Hall–Kier alpha value is -2.51. The van der Waals surface area contributed by atoms with Crippen LogP contribution < -0.4 is 5.32 Å². The van der Waals surface area contributed by atoms with Gasteiger partial charge in [0, 0.05) is 37.9 Å². The molecular weight excluding hydrogens is 378 g/mol. The van der Waals surface area contributed by atoms with E-state index in [1.807, 2.05) is 37.1 Å². The Morgan fingerprint density at radius 1 is 1.33 bits per heavy atom. The third kappa shape index (κ3) is 8.08. The standard InChI is InChI=1S/C23H35N5O2/c1-4-11-28(16-19-5-6-19)22(25-17-24)9-10-23(30)26-21-8-7-20(14-18(21)2)15-27(3)12-13-29/h7-10,14,17,19,24,29H,4-6,11-13,15-16H2,1-3H3,(H,26,30). The number of hydrogen-bond acceptors (Lipinski definition) is 4. The van der Waals surface area contributed by atoms with Gasteiger partial charge in [-0.1, -0.05) is 19.1 Å². The number of amides is 1. The van der Waals surface area contributed by atoms with Gasteiger partial charge in [0.25, 0.3) is 0 Å². The Morgan fingerprint density at radius 2 is 2.10 bits per heavy atom. The first-order chi connectivity index (χ1) is 14.5. The van der Waals surface area contributed by atoms with E-state index in [1.54, 1.807) is 6.08 Å². The van der Waals surface area contributed by atoms with Gasteiger partial charge in [0.1, 0.15) is 12.2 Å². The van der Waals surface area contributed by atoms with Crippen LogP contribution in [0.3, 0.4) is 0 Å². The van der Waals surface area contributed by atoms with E-state index in [0.29, 0.717) is 18.3 Å². The number of amidine groups is 1. The van der Waals surface area contributed by atoms with Gasteiger partial charge in [-0.2, -0.15) is 0 Å². The molecule has 1 fully saturated rings. The van der Waals surface area contributed by atoms with Crippen LogP contribution in [-0.2, 0) is 11.3 Å². The lowest BCUT2D eigenvalue weighted by Crippen LogP contribution is -2.32. The molecule has 7 heteroatoms. The van der Waals surface area contributed by atoms with Crippen molar-refractivity contribution in [3.63, 3.8) is 0 Å². The van der Waals surface area contributed by atoms with Gasteiger partial charge in [-0.05, 0) is 62.4 Å². The van der Waals surface area contributed by atoms with E-state index in [0.717, 1.165) is 49.2 Å². The zero-order valence-electron chi connectivity index (χ0n) is 18.4. The number of nitrogens with zero attached hydrogens (tertiary/aromatic N) is 3. The number of carbonyl (C=O) groups is 1. The minimum absolute atomic E-state index is 0.134. The van der Waals surface area contributed by atoms with Crippen LogP contribution in [0.4, 0.5) is 5.69 Å².